The Morgan fingerprint density at radius 1 is 1.27 bits per heavy atom. The van der Waals surface area contributed by atoms with Crippen LogP contribution in [0.15, 0.2) is 0 Å². The number of rotatable bonds is 6. The monoisotopic (exact) mass is 233 g/mol. The summed E-state index contributed by atoms with van der Waals surface area (Å²) in [5.41, 5.74) is 5.55. The Morgan fingerprint density at radius 3 is 2.13 bits per heavy atom. The normalized spacial score (nSPS) is 21.7. The Labute approximate surface area is 93.3 Å². The summed E-state index contributed by atoms with van der Waals surface area (Å²) in [6.45, 7) is 6.35. The highest BCUT2D eigenvalue weighted by Crippen LogP contribution is 2.50. The molecule has 2 N–H and O–H groups in total. The van der Waals surface area contributed by atoms with Gasteiger partial charge in [0, 0.05) is 0 Å². The van der Waals surface area contributed by atoms with E-state index in [1.54, 1.807) is 0 Å². The molecule has 90 valence electrons. The van der Waals surface area contributed by atoms with Gasteiger partial charge in [0.05, 0.1) is 11.0 Å². The molecule has 0 saturated heterocycles. The van der Waals surface area contributed by atoms with Gasteiger partial charge in [0.25, 0.3) is 0 Å². The Bertz CT molecular complexity index is 305. The summed E-state index contributed by atoms with van der Waals surface area (Å²) in [4.78, 5) is 0. The summed E-state index contributed by atoms with van der Waals surface area (Å²) in [5, 5.41) is -0.229. The van der Waals surface area contributed by atoms with Crippen LogP contribution in [-0.2, 0) is 9.84 Å². The Kier molecular flexibility index (Phi) is 3.82. The zero-order valence-electron chi connectivity index (χ0n) is 9.99. The van der Waals surface area contributed by atoms with E-state index in [1.807, 2.05) is 20.8 Å². The maximum absolute atomic E-state index is 12.1. The molecule has 1 unspecified atom stereocenters. The SMILES string of the molecule is CC(C)C(C)S(=O)(=O)CC1(CCN)CC1. The van der Waals surface area contributed by atoms with Gasteiger partial charge in [-0.25, -0.2) is 8.42 Å². The summed E-state index contributed by atoms with van der Waals surface area (Å²) < 4.78 is 24.1. The van der Waals surface area contributed by atoms with E-state index in [-0.39, 0.29) is 16.6 Å². The molecule has 0 aliphatic heterocycles. The second-order valence-corrected chi connectivity index (χ2v) is 7.65. The van der Waals surface area contributed by atoms with Gasteiger partial charge in [-0.3, -0.25) is 0 Å². The first-order chi connectivity index (χ1) is 6.83. The molecule has 1 saturated carbocycles. The van der Waals surface area contributed by atoms with Crippen LogP contribution in [0.25, 0.3) is 0 Å². The van der Waals surface area contributed by atoms with Gasteiger partial charge in [0.2, 0.25) is 0 Å². The van der Waals surface area contributed by atoms with E-state index in [1.165, 1.54) is 0 Å². The molecule has 0 heterocycles. The smallest absolute Gasteiger partial charge is 0.153 e. The minimum Gasteiger partial charge on any atom is -0.330 e. The summed E-state index contributed by atoms with van der Waals surface area (Å²) in [6.07, 6.45) is 2.93. The fraction of sp³-hybridized carbons (Fsp3) is 1.00. The lowest BCUT2D eigenvalue weighted by Crippen LogP contribution is -2.30. The van der Waals surface area contributed by atoms with Crippen LogP contribution >= 0.6 is 0 Å². The van der Waals surface area contributed by atoms with Crippen LogP contribution in [0.2, 0.25) is 0 Å². The quantitative estimate of drug-likeness (QED) is 0.757. The Morgan fingerprint density at radius 2 is 1.80 bits per heavy atom. The molecule has 1 aliphatic rings. The lowest BCUT2D eigenvalue weighted by molar-refractivity contribution is 0.493. The maximum Gasteiger partial charge on any atom is 0.153 e. The van der Waals surface area contributed by atoms with Crippen molar-refractivity contribution in [1.82, 2.24) is 0 Å². The van der Waals surface area contributed by atoms with Crippen LogP contribution in [0.3, 0.4) is 0 Å². The van der Waals surface area contributed by atoms with Crippen molar-refractivity contribution in [2.24, 2.45) is 17.1 Å². The van der Waals surface area contributed by atoms with Crippen molar-refractivity contribution in [3.63, 3.8) is 0 Å². The van der Waals surface area contributed by atoms with Crippen molar-refractivity contribution in [3.8, 4) is 0 Å². The molecule has 3 nitrogen and oxygen atoms in total. The fourth-order valence-electron chi connectivity index (χ4n) is 1.92. The first-order valence-corrected chi connectivity index (χ1v) is 7.46. The number of hydrogen-bond donors (Lipinski definition) is 1. The van der Waals surface area contributed by atoms with Gasteiger partial charge in [-0.1, -0.05) is 13.8 Å². The molecule has 1 atom stereocenters. The van der Waals surface area contributed by atoms with Gasteiger partial charge in [0.15, 0.2) is 9.84 Å². The van der Waals surface area contributed by atoms with Crippen LogP contribution in [0.4, 0.5) is 0 Å². The molecule has 1 rings (SSSR count). The molecule has 0 spiro atoms. The first-order valence-electron chi connectivity index (χ1n) is 5.75. The molecule has 1 aliphatic carbocycles. The van der Waals surface area contributed by atoms with Gasteiger partial charge in [0.1, 0.15) is 0 Å². The third-order valence-corrected chi connectivity index (χ3v) is 6.34. The molecule has 4 heteroatoms. The van der Waals surface area contributed by atoms with Crippen molar-refractivity contribution >= 4 is 9.84 Å². The van der Waals surface area contributed by atoms with Crippen LogP contribution in [-0.4, -0.2) is 26.0 Å². The number of hydrogen-bond acceptors (Lipinski definition) is 3. The Balaban J connectivity index is 2.65. The Hall–Kier alpha value is -0.0900. The van der Waals surface area contributed by atoms with Gasteiger partial charge in [-0.2, -0.15) is 0 Å². The standard InChI is InChI=1S/C11H23NO2S/c1-9(2)10(3)15(13,14)8-11(4-5-11)6-7-12/h9-10H,4-8,12H2,1-3H3. The van der Waals surface area contributed by atoms with Crippen LogP contribution in [0.5, 0.6) is 0 Å². The van der Waals surface area contributed by atoms with Crippen molar-refractivity contribution in [1.29, 1.82) is 0 Å². The molecule has 0 aromatic heterocycles. The molecule has 0 amide bonds. The van der Waals surface area contributed by atoms with Crippen molar-refractivity contribution in [2.75, 3.05) is 12.3 Å². The van der Waals surface area contributed by atoms with E-state index in [4.69, 9.17) is 5.73 Å². The summed E-state index contributed by atoms with van der Waals surface area (Å²) in [5.74, 6) is 0.542. The molecule has 0 aromatic carbocycles. The van der Waals surface area contributed by atoms with Crippen LogP contribution < -0.4 is 5.73 Å². The van der Waals surface area contributed by atoms with E-state index in [9.17, 15) is 8.42 Å². The third kappa shape index (κ3) is 3.18. The minimum atomic E-state index is -2.93. The van der Waals surface area contributed by atoms with Gasteiger partial charge in [-0.15, -0.1) is 0 Å². The van der Waals surface area contributed by atoms with Crippen molar-refractivity contribution in [3.05, 3.63) is 0 Å². The van der Waals surface area contributed by atoms with E-state index in [2.05, 4.69) is 0 Å². The van der Waals surface area contributed by atoms with E-state index >= 15 is 0 Å². The predicted molar refractivity (Wildman–Crippen MR) is 63.4 cm³/mol. The van der Waals surface area contributed by atoms with Crippen LogP contribution in [0.1, 0.15) is 40.0 Å². The third-order valence-electron chi connectivity index (χ3n) is 3.64. The number of sulfone groups is 1. The average molecular weight is 233 g/mol. The zero-order valence-corrected chi connectivity index (χ0v) is 10.8. The van der Waals surface area contributed by atoms with E-state index in [0.717, 1.165) is 19.3 Å². The van der Waals surface area contributed by atoms with Crippen molar-refractivity contribution in [2.45, 2.75) is 45.3 Å². The largest absolute Gasteiger partial charge is 0.330 e. The first kappa shape index (κ1) is 13.0. The topological polar surface area (TPSA) is 60.2 Å². The van der Waals surface area contributed by atoms with E-state index < -0.39 is 9.84 Å². The van der Waals surface area contributed by atoms with Gasteiger partial charge in [-0.05, 0) is 44.1 Å². The summed E-state index contributed by atoms with van der Waals surface area (Å²) in [7, 11) is -2.93. The molecular weight excluding hydrogens is 210 g/mol. The highest BCUT2D eigenvalue weighted by atomic mass is 32.2. The van der Waals surface area contributed by atoms with Gasteiger partial charge < -0.3 is 5.73 Å². The molecular formula is C11H23NO2S. The predicted octanol–water partition coefficient (Wildman–Crippen LogP) is 1.57. The second-order valence-electron chi connectivity index (χ2n) is 5.30. The highest BCUT2D eigenvalue weighted by Gasteiger charge is 2.46. The molecule has 0 bridgehead atoms. The van der Waals surface area contributed by atoms with E-state index in [0.29, 0.717) is 12.3 Å². The van der Waals surface area contributed by atoms with Gasteiger partial charge >= 0.3 is 0 Å². The highest BCUT2D eigenvalue weighted by molar-refractivity contribution is 7.92. The summed E-state index contributed by atoms with van der Waals surface area (Å²) >= 11 is 0. The summed E-state index contributed by atoms with van der Waals surface area (Å²) in [6, 6.07) is 0. The molecule has 0 radical (unpaired) electrons. The maximum atomic E-state index is 12.1. The van der Waals surface area contributed by atoms with Crippen LogP contribution in [0, 0.1) is 11.3 Å². The molecule has 0 aromatic rings. The lowest BCUT2D eigenvalue weighted by Gasteiger charge is -2.20. The fourth-order valence-corrected chi connectivity index (χ4v) is 4.30. The average Bonchev–Trinajstić information content (AvgIpc) is 2.83. The molecule has 1 fully saturated rings. The number of nitrogens with two attached hydrogens (primary N) is 1. The lowest BCUT2D eigenvalue weighted by atomic mass is 10.1. The van der Waals surface area contributed by atoms with Crippen molar-refractivity contribution < 1.29 is 8.42 Å². The zero-order chi connectivity index (χ0) is 11.7. The molecule has 15 heavy (non-hydrogen) atoms. The minimum absolute atomic E-state index is 0.0384. The second kappa shape index (κ2) is 4.42.